The van der Waals surface area contributed by atoms with Gasteiger partial charge in [0.2, 0.25) is 0 Å². The molecule has 0 aromatic heterocycles. The second kappa shape index (κ2) is 11.4. The van der Waals surface area contributed by atoms with Crippen LogP contribution in [0.25, 0.3) is 10.8 Å². The van der Waals surface area contributed by atoms with Gasteiger partial charge in [0.15, 0.2) is 11.8 Å². The molecule has 0 heterocycles. The lowest BCUT2D eigenvalue weighted by atomic mass is 9.98. The van der Waals surface area contributed by atoms with Gasteiger partial charge in [0.05, 0.1) is 5.71 Å². The quantitative estimate of drug-likeness (QED) is 0.151. The first-order chi connectivity index (χ1) is 18.1. The van der Waals surface area contributed by atoms with E-state index in [1.54, 1.807) is 0 Å². The van der Waals surface area contributed by atoms with E-state index < -0.39 is 17.6 Å². The molecule has 0 radical (unpaired) electrons. The van der Waals surface area contributed by atoms with Gasteiger partial charge in [-0.2, -0.15) is 0 Å². The van der Waals surface area contributed by atoms with E-state index in [0.717, 1.165) is 27.6 Å². The summed E-state index contributed by atoms with van der Waals surface area (Å²) in [6.07, 6.45) is -0.0978. The summed E-state index contributed by atoms with van der Waals surface area (Å²) < 4.78 is 5.71. The van der Waals surface area contributed by atoms with Crippen molar-refractivity contribution in [1.29, 1.82) is 0 Å². The Hall–Kier alpha value is -4.25. The second-order valence-electron chi connectivity index (χ2n) is 10.5. The Labute approximate surface area is 224 Å². The zero-order valence-electron chi connectivity index (χ0n) is 22.6. The highest BCUT2D eigenvalue weighted by atomic mass is 16.6. The van der Waals surface area contributed by atoms with Crippen LogP contribution in [0.2, 0.25) is 0 Å². The van der Waals surface area contributed by atoms with E-state index in [1.165, 1.54) is 0 Å². The van der Waals surface area contributed by atoms with Crippen LogP contribution in [0.5, 0.6) is 0 Å². The first-order valence-corrected chi connectivity index (χ1v) is 12.8. The molecule has 1 atom stereocenters. The summed E-state index contributed by atoms with van der Waals surface area (Å²) in [5.74, 6) is -0.685. The van der Waals surface area contributed by atoms with E-state index in [4.69, 9.17) is 9.73 Å². The number of fused-ring (bicyclic) bond motifs is 1. The molecular weight excluding hydrogens is 472 g/mol. The van der Waals surface area contributed by atoms with Gasteiger partial charge in [-0.15, -0.1) is 0 Å². The van der Waals surface area contributed by atoms with Crippen LogP contribution >= 0.6 is 0 Å². The van der Waals surface area contributed by atoms with Crippen LogP contribution in [0.3, 0.4) is 0 Å². The van der Waals surface area contributed by atoms with Gasteiger partial charge in [0.1, 0.15) is 5.60 Å². The molecule has 5 nitrogen and oxygen atoms in total. The summed E-state index contributed by atoms with van der Waals surface area (Å²) in [6.45, 7) is 5.44. The van der Waals surface area contributed by atoms with Crippen molar-refractivity contribution in [1.82, 2.24) is 0 Å². The van der Waals surface area contributed by atoms with E-state index >= 15 is 0 Å². The highest BCUT2D eigenvalue weighted by Crippen LogP contribution is 2.24. The molecule has 0 bridgehead atoms. The van der Waals surface area contributed by atoms with Crippen LogP contribution in [0.15, 0.2) is 102 Å². The average molecular weight is 507 g/mol. The van der Waals surface area contributed by atoms with Gasteiger partial charge in [-0.1, -0.05) is 78.9 Å². The second-order valence-corrected chi connectivity index (χ2v) is 10.5. The number of carbonyl (C=O) groups is 2. The monoisotopic (exact) mass is 506 g/mol. The number of aliphatic imine (C=N–C) groups is 1. The molecule has 0 N–H and O–H groups in total. The standard InChI is InChI=1S/C33H34N2O3/c1-33(2,3)38-32(37)29(34-31(23-12-8-6-9-13-23)24-14-10-7-11-15-24)22-30(36)27-17-16-26-21-28(35(4)5)19-18-25(26)20-27/h6-21,29H,22H2,1-5H3/t29-/m0/s1. The zero-order chi connectivity index (χ0) is 27.3. The van der Waals surface area contributed by atoms with Crippen molar-refractivity contribution in [2.75, 3.05) is 19.0 Å². The maximum absolute atomic E-state index is 13.5. The van der Waals surface area contributed by atoms with Crippen LogP contribution in [0, 0.1) is 0 Å². The van der Waals surface area contributed by atoms with E-state index in [1.807, 2.05) is 131 Å². The number of nitrogens with zero attached hydrogens (tertiary/aromatic N) is 2. The zero-order valence-corrected chi connectivity index (χ0v) is 22.6. The summed E-state index contributed by atoms with van der Waals surface area (Å²) in [4.78, 5) is 33.8. The highest BCUT2D eigenvalue weighted by Gasteiger charge is 2.28. The minimum Gasteiger partial charge on any atom is -0.458 e. The largest absolute Gasteiger partial charge is 0.458 e. The number of anilines is 1. The molecule has 0 fully saturated rings. The maximum atomic E-state index is 13.5. The minimum atomic E-state index is -0.996. The fourth-order valence-electron chi connectivity index (χ4n) is 4.19. The number of hydrogen-bond acceptors (Lipinski definition) is 5. The van der Waals surface area contributed by atoms with Gasteiger partial charge in [-0.05, 0) is 49.7 Å². The molecule has 0 amide bonds. The maximum Gasteiger partial charge on any atom is 0.331 e. The predicted octanol–water partition coefficient (Wildman–Crippen LogP) is 6.73. The molecule has 4 aromatic carbocycles. The first kappa shape index (κ1) is 26.8. The van der Waals surface area contributed by atoms with E-state index in [0.29, 0.717) is 11.3 Å². The molecule has 4 rings (SSSR count). The summed E-state index contributed by atoms with van der Waals surface area (Å²) in [7, 11) is 3.99. The summed E-state index contributed by atoms with van der Waals surface area (Å²) >= 11 is 0. The Balaban J connectivity index is 1.72. The molecular formula is C33H34N2O3. The molecule has 0 saturated heterocycles. The Bertz CT molecular complexity index is 1410. The van der Waals surface area contributed by atoms with Crippen LogP contribution in [-0.2, 0) is 9.53 Å². The van der Waals surface area contributed by atoms with Crippen molar-refractivity contribution in [3.8, 4) is 0 Å². The van der Waals surface area contributed by atoms with Gasteiger partial charge in [0, 0.05) is 42.9 Å². The van der Waals surface area contributed by atoms with E-state index in [-0.39, 0.29) is 12.2 Å². The molecule has 5 heteroatoms. The number of benzene rings is 4. The number of rotatable bonds is 8. The number of hydrogen-bond donors (Lipinski definition) is 0. The van der Waals surface area contributed by atoms with Crippen molar-refractivity contribution in [2.24, 2.45) is 4.99 Å². The third kappa shape index (κ3) is 6.74. The number of ether oxygens (including phenoxy) is 1. The number of esters is 1. The van der Waals surface area contributed by atoms with Crippen molar-refractivity contribution in [2.45, 2.75) is 38.8 Å². The van der Waals surface area contributed by atoms with Crippen LogP contribution in [0.1, 0.15) is 48.7 Å². The van der Waals surface area contributed by atoms with Crippen molar-refractivity contribution in [3.63, 3.8) is 0 Å². The number of Topliss-reactive ketones (excluding diaryl/α,β-unsaturated/α-hetero) is 1. The van der Waals surface area contributed by atoms with Gasteiger partial charge in [-0.25, -0.2) is 4.79 Å². The molecule has 0 aliphatic heterocycles. The first-order valence-electron chi connectivity index (χ1n) is 12.8. The van der Waals surface area contributed by atoms with Gasteiger partial charge in [-0.3, -0.25) is 9.79 Å². The summed E-state index contributed by atoms with van der Waals surface area (Å²) in [5, 5.41) is 2.01. The lowest BCUT2D eigenvalue weighted by molar-refractivity contribution is -0.156. The average Bonchev–Trinajstić information content (AvgIpc) is 2.90. The molecule has 0 spiro atoms. The smallest absolute Gasteiger partial charge is 0.331 e. The number of carbonyl (C=O) groups excluding carboxylic acids is 2. The number of ketones is 1. The van der Waals surface area contributed by atoms with Gasteiger partial charge < -0.3 is 9.64 Å². The Kier molecular flexibility index (Phi) is 8.06. The minimum absolute atomic E-state index is 0.0978. The predicted molar refractivity (Wildman–Crippen MR) is 155 cm³/mol. The summed E-state index contributed by atoms with van der Waals surface area (Å²) in [5.41, 5.74) is 3.29. The van der Waals surface area contributed by atoms with Crippen LogP contribution in [-0.4, -0.2) is 43.2 Å². The fourth-order valence-corrected chi connectivity index (χ4v) is 4.19. The molecule has 0 saturated carbocycles. The Morgan fingerprint density at radius 3 is 1.87 bits per heavy atom. The third-order valence-corrected chi connectivity index (χ3v) is 6.10. The summed E-state index contributed by atoms with van der Waals surface area (Å²) in [6, 6.07) is 30.1. The fraction of sp³-hybridized carbons (Fsp3) is 0.242. The van der Waals surface area contributed by atoms with E-state index in [9.17, 15) is 9.59 Å². The molecule has 194 valence electrons. The molecule has 0 unspecified atom stereocenters. The van der Waals surface area contributed by atoms with Gasteiger partial charge in [0.25, 0.3) is 0 Å². The van der Waals surface area contributed by atoms with Crippen LogP contribution in [0.4, 0.5) is 5.69 Å². The lowest BCUT2D eigenvalue weighted by Crippen LogP contribution is -2.33. The normalized spacial score (nSPS) is 12.0. The van der Waals surface area contributed by atoms with Crippen LogP contribution < -0.4 is 4.90 Å². The lowest BCUT2D eigenvalue weighted by Gasteiger charge is -2.23. The molecule has 4 aromatic rings. The SMILES string of the molecule is CN(C)c1ccc2cc(C(=O)C[C@H](N=C(c3ccccc3)c3ccccc3)C(=O)OC(C)(C)C)ccc2c1. The Morgan fingerprint density at radius 2 is 1.32 bits per heavy atom. The van der Waals surface area contributed by atoms with E-state index in [2.05, 4.69) is 6.07 Å². The molecule has 38 heavy (non-hydrogen) atoms. The third-order valence-electron chi connectivity index (χ3n) is 6.10. The van der Waals surface area contributed by atoms with Crippen molar-refractivity contribution >= 4 is 33.9 Å². The molecule has 0 aliphatic carbocycles. The topological polar surface area (TPSA) is 59.0 Å². The van der Waals surface area contributed by atoms with Crippen molar-refractivity contribution < 1.29 is 14.3 Å². The van der Waals surface area contributed by atoms with Gasteiger partial charge >= 0.3 is 5.97 Å². The Morgan fingerprint density at radius 1 is 0.763 bits per heavy atom. The molecule has 0 aliphatic rings. The highest BCUT2D eigenvalue weighted by molar-refractivity contribution is 6.14. The van der Waals surface area contributed by atoms with Crippen molar-refractivity contribution in [3.05, 3.63) is 114 Å².